The summed E-state index contributed by atoms with van der Waals surface area (Å²) in [5.41, 5.74) is 6.88. The first-order valence-corrected chi connectivity index (χ1v) is 7.67. The number of hydrogen-bond donors (Lipinski definition) is 2. The molecule has 0 heterocycles. The standard InChI is InChI=1S/C17H29N3/c1-15(2)14-20(13-11-17(18)19)12-7-6-10-16-8-4-3-5-9-16/h3-5,8-9,15H,6-7,10-14H2,1-2H3,(H3,18,19). The Balaban J connectivity index is 2.25. The predicted molar refractivity (Wildman–Crippen MR) is 87.2 cm³/mol. The van der Waals surface area contributed by atoms with E-state index in [4.69, 9.17) is 11.1 Å². The van der Waals surface area contributed by atoms with Gasteiger partial charge in [-0.05, 0) is 37.3 Å². The van der Waals surface area contributed by atoms with Crippen molar-refractivity contribution < 1.29 is 0 Å². The van der Waals surface area contributed by atoms with Crippen molar-refractivity contribution in [2.45, 2.75) is 39.5 Å². The van der Waals surface area contributed by atoms with Crippen LogP contribution in [-0.2, 0) is 6.42 Å². The topological polar surface area (TPSA) is 53.1 Å². The van der Waals surface area contributed by atoms with Crippen LogP contribution in [0.3, 0.4) is 0 Å². The van der Waals surface area contributed by atoms with Gasteiger partial charge in [0.25, 0.3) is 0 Å². The lowest BCUT2D eigenvalue weighted by Crippen LogP contribution is -2.32. The van der Waals surface area contributed by atoms with Gasteiger partial charge >= 0.3 is 0 Å². The van der Waals surface area contributed by atoms with E-state index in [1.807, 2.05) is 0 Å². The van der Waals surface area contributed by atoms with Gasteiger partial charge in [-0.1, -0.05) is 44.2 Å². The molecular formula is C17H29N3. The molecule has 0 fully saturated rings. The summed E-state index contributed by atoms with van der Waals surface area (Å²) < 4.78 is 0. The lowest BCUT2D eigenvalue weighted by molar-refractivity contribution is 0.245. The molecular weight excluding hydrogens is 246 g/mol. The zero-order valence-corrected chi connectivity index (χ0v) is 12.9. The van der Waals surface area contributed by atoms with Crippen LogP contribution in [0.15, 0.2) is 30.3 Å². The van der Waals surface area contributed by atoms with Crippen LogP contribution in [0.5, 0.6) is 0 Å². The molecule has 0 bridgehead atoms. The molecule has 0 aliphatic carbocycles. The highest BCUT2D eigenvalue weighted by Gasteiger charge is 2.07. The van der Waals surface area contributed by atoms with Crippen molar-refractivity contribution in [3.05, 3.63) is 35.9 Å². The molecule has 0 saturated carbocycles. The van der Waals surface area contributed by atoms with E-state index in [0.717, 1.165) is 26.1 Å². The lowest BCUT2D eigenvalue weighted by Gasteiger charge is -2.24. The molecule has 0 aromatic heterocycles. The van der Waals surface area contributed by atoms with Gasteiger partial charge in [-0.3, -0.25) is 5.41 Å². The zero-order valence-electron chi connectivity index (χ0n) is 12.9. The Morgan fingerprint density at radius 2 is 1.85 bits per heavy atom. The van der Waals surface area contributed by atoms with E-state index in [2.05, 4.69) is 49.1 Å². The maximum absolute atomic E-state index is 7.35. The van der Waals surface area contributed by atoms with Gasteiger partial charge in [-0.2, -0.15) is 0 Å². The first-order valence-electron chi connectivity index (χ1n) is 7.67. The fraction of sp³-hybridized carbons (Fsp3) is 0.588. The summed E-state index contributed by atoms with van der Waals surface area (Å²) in [4.78, 5) is 2.44. The number of nitrogens with zero attached hydrogens (tertiary/aromatic N) is 1. The summed E-state index contributed by atoms with van der Waals surface area (Å²) >= 11 is 0. The second kappa shape index (κ2) is 9.54. The fourth-order valence-electron chi connectivity index (χ4n) is 2.40. The maximum atomic E-state index is 7.35. The van der Waals surface area contributed by atoms with Gasteiger partial charge in [-0.15, -0.1) is 0 Å². The smallest absolute Gasteiger partial charge is 0.0918 e. The van der Waals surface area contributed by atoms with Crippen LogP contribution >= 0.6 is 0 Å². The number of benzene rings is 1. The number of aryl methyl sites for hydroxylation is 1. The van der Waals surface area contributed by atoms with E-state index in [9.17, 15) is 0 Å². The molecule has 3 heteroatoms. The molecule has 0 radical (unpaired) electrons. The predicted octanol–water partition coefficient (Wildman–Crippen LogP) is 3.29. The Morgan fingerprint density at radius 3 is 2.45 bits per heavy atom. The molecule has 0 aliphatic heterocycles. The average Bonchev–Trinajstić information content (AvgIpc) is 2.41. The van der Waals surface area contributed by atoms with E-state index in [-0.39, 0.29) is 0 Å². The fourth-order valence-corrected chi connectivity index (χ4v) is 2.40. The number of hydrogen-bond acceptors (Lipinski definition) is 2. The second-order valence-electron chi connectivity index (χ2n) is 5.91. The van der Waals surface area contributed by atoms with Crippen molar-refractivity contribution in [2.75, 3.05) is 19.6 Å². The van der Waals surface area contributed by atoms with Gasteiger partial charge < -0.3 is 10.6 Å². The minimum absolute atomic E-state index is 0.294. The molecule has 0 spiro atoms. The van der Waals surface area contributed by atoms with Crippen molar-refractivity contribution in [3.8, 4) is 0 Å². The number of nitrogens with two attached hydrogens (primary N) is 1. The highest BCUT2D eigenvalue weighted by atomic mass is 15.1. The largest absolute Gasteiger partial charge is 0.388 e. The van der Waals surface area contributed by atoms with E-state index in [1.165, 1.54) is 18.4 Å². The quantitative estimate of drug-likeness (QED) is 0.391. The molecule has 0 aliphatic rings. The van der Waals surface area contributed by atoms with Gasteiger partial charge in [0.2, 0.25) is 0 Å². The molecule has 112 valence electrons. The number of nitrogens with one attached hydrogen (secondary N) is 1. The van der Waals surface area contributed by atoms with Crippen molar-refractivity contribution in [1.29, 1.82) is 5.41 Å². The summed E-state index contributed by atoms with van der Waals surface area (Å²) in [5, 5.41) is 7.35. The third-order valence-electron chi connectivity index (χ3n) is 3.35. The molecule has 0 unspecified atom stereocenters. The monoisotopic (exact) mass is 275 g/mol. The molecule has 0 atom stereocenters. The molecule has 1 aromatic rings. The van der Waals surface area contributed by atoms with Crippen LogP contribution in [0.1, 0.15) is 38.7 Å². The molecule has 3 nitrogen and oxygen atoms in total. The van der Waals surface area contributed by atoms with E-state index >= 15 is 0 Å². The molecule has 3 N–H and O–H groups in total. The number of amidine groups is 1. The molecule has 1 rings (SSSR count). The van der Waals surface area contributed by atoms with Crippen molar-refractivity contribution in [1.82, 2.24) is 4.90 Å². The molecule has 0 saturated heterocycles. The summed E-state index contributed by atoms with van der Waals surface area (Å²) in [5.74, 6) is 0.958. The number of rotatable bonds is 10. The van der Waals surface area contributed by atoms with Crippen molar-refractivity contribution in [3.63, 3.8) is 0 Å². The van der Waals surface area contributed by atoms with Crippen molar-refractivity contribution in [2.24, 2.45) is 11.7 Å². The van der Waals surface area contributed by atoms with E-state index < -0.39 is 0 Å². The Hall–Kier alpha value is -1.35. The van der Waals surface area contributed by atoms with Gasteiger partial charge in [-0.25, -0.2) is 0 Å². The highest BCUT2D eigenvalue weighted by molar-refractivity contribution is 5.76. The lowest BCUT2D eigenvalue weighted by atomic mass is 10.1. The normalized spacial score (nSPS) is 11.2. The third-order valence-corrected chi connectivity index (χ3v) is 3.35. The van der Waals surface area contributed by atoms with Gasteiger partial charge in [0, 0.05) is 19.5 Å². The van der Waals surface area contributed by atoms with Gasteiger partial charge in [0.15, 0.2) is 0 Å². The van der Waals surface area contributed by atoms with Crippen molar-refractivity contribution >= 4 is 5.84 Å². The Kier molecular flexibility index (Phi) is 7.97. The van der Waals surface area contributed by atoms with Crippen LogP contribution in [0.25, 0.3) is 0 Å². The van der Waals surface area contributed by atoms with E-state index in [0.29, 0.717) is 18.2 Å². The van der Waals surface area contributed by atoms with E-state index in [1.54, 1.807) is 0 Å². The summed E-state index contributed by atoms with van der Waals surface area (Å²) in [7, 11) is 0. The Bertz CT molecular complexity index is 373. The Labute approximate surface area is 123 Å². The molecule has 1 aromatic carbocycles. The third kappa shape index (κ3) is 7.95. The highest BCUT2D eigenvalue weighted by Crippen LogP contribution is 2.07. The number of unbranched alkanes of at least 4 members (excludes halogenated alkanes) is 1. The first kappa shape index (κ1) is 16.7. The minimum atomic E-state index is 0.294. The summed E-state index contributed by atoms with van der Waals surface area (Å²) in [6.07, 6.45) is 4.27. The minimum Gasteiger partial charge on any atom is -0.388 e. The van der Waals surface area contributed by atoms with Gasteiger partial charge in [0.1, 0.15) is 0 Å². The van der Waals surface area contributed by atoms with Crippen LogP contribution in [0, 0.1) is 11.3 Å². The van der Waals surface area contributed by atoms with Gasteiger partial charge in [0.05, 0.1) is 5.84 Å². The summed E-state index contributed by atoms with van der Waals surface area (Å²) in [6, 6.07) is 10.7. The second-order valence-corrected chi connectivity index (χ2v) is 5.91. The average molecular weight is 275 g/mol. The maximum Gasteiger partial charge on any atom is 0.0918 e. The summed E-state index contributed by atoms with van der Waals surface area (Å²) in [6.45, 7) is 7.60. The SMILES string of the molecule is CC(C)CN(CCCCc1ccccc1)CCC(=N)N. The molecule has 20 heavy (non-hydrogen) atoms. The Morgan fingerprint density at radius 1 is 1.15 bits per heavy atom. The molecule has 0 amide bonds. The van der Waals surface area contributed by atoms with Crippen LogP contribution < -0.4 is 5.73 Å². The van der Waals surface area contributed by atoms with Crippen LogP contribution in [0.2, 0.25) is 0 Å². The van der Waals surface area contributed by atoms with Crippen LogP contribution in [-0.4, -0.2) is 30.4 Å². The van der Waals surface area contributed by atoms with Crippen LogP contribution in [0.4, 0.5) is 0 Å². The first-order chi connectivity index (χ1) is 9.58. The zero-order chi connectivity index (χ0) is 14.8.